The highest BCUT2D eigenvalue weighted by Gasteiger charge is 2.34. The van der Waals surface area contributed by atoms with Gasteiger partial charge in [0, 0.05) is 25.0 Å². The minimum Gasteiger partial charge on any atom is -0.353 e. The molecule has 1 aliphatic heterocycles. The van der Waals surface area contributed by atoms with Crippen molar-refractivity contribution in [1.29, 1.82) is 0 Å². The predicted octanol–water partition coefficient (Wildman–Crippen LogP) is -0.712. The van der Waals surface area contributed by atoms with Gasteiger partial charge in [0.15, 0.2) is 9.84 Å². The minimum absolute atomic E-state index is 0.0380. The molecular weight excluding hydrogens is 228 g/mol. The van der Waals surface area contributed by atoms with Crippen LogP contribution in [0.5, 0.6) is 0 Å². The van der Waals surface area contributed by atoms with Gasteiger partial charge in [-0.25, -0.2) is 8.42 Å². The summed E-state index contributed by atoms with van der Waals surface area (Å²) in [4.78, 5) is 11.6. The first-order chi connectivity index (χ1) is 7.46. The van der Waals surface area contributed by atoms with Crippen LogP contribution in [0, 0.1) is 5.92 Å². The molecule has 1 amide bonds. The van der Waals surface area contributed by atoms with Gasteiger partial charge in [-0.05, 0) is 12.3 Å². The fourth-order valence-corrected chi connectivity index (χ4v) is 3.46. The summed E-state index contributed by atoms with van der Waals surface area (Å²) in [6.45, 7) is 2.55. The summed E-state index contributed by atoms with van der Waals surface area (Å²) >= 11 is 0. The first kappa shape index (κ1) is 11.9. The maximum absolute atomic E-state index is 11.6. The summed E-state index contributed by atoms with van der Waals surface area (Å²) in [6, 6.07) is 0.0977. The zero-order valence-electron chi connectivity index (χ0n) is 9.40. The van der Waals surface area contributed by atoms with Crippen molar-refractivity contribution < 1.29 is 13.2 Å². The molecule has 1 saturated heterocycles. The third-order valence-corrected chi connectivity index (χ3v) is 4.93. The Balaban J connectivity index is 1.78. The maximum Gasteiger partial charge on any atom is 0.221 e. The Hall–Kier alpha value is -0.620. The van der Waals surface area contributed by atoms with E-state index in [0.717, 1.165) is 6.42 Å². The maximum atomic E-state index is 11.6. The number of hydrogen-bond acceptors (Lipinski definition) is 4. The number of carbonyl (C=O) groups is 1. The largest absolute Gasteiger partial charge is 0.353 e. The number of hydrogen-bond donors (Lipinski definition) is 2. The second kappa shape index (κ2) is 4.33. The van der Waals surface area contributed by atoms with Gasteiger partial charge in [0.25, 0.3) is 0 Å². The molecule has 0 spiro atoms. The molecule has 0 aromatic rings. The third kappa shape index (κ3) is 3.18. The van der Waals surface area contributed by atoms with Crippen LogP contribution in [0.4, 0.5) is 0 Å². The van der Waals surface area contributed by atoms with E-state index in [1.807, 2.05) is 0 Å². The number of sulfone groups is 1. The van der Waals surface area contributed by atoms with E-state index < -0.39 is 9.84 Å². The van der Waals surface area contributed by atoms with Crippen LogP contribution in [-0.2, 0) is 14.6 Å². The van der Waals surface area contributed by atoms with Crippen LogP contribution in [0.15, 0.2) is 0 Å². The number of rotatable bonds is 3. The van der Waals surface area contributed by atoms with E-state index in [1.165, 1.54) is 0 Å². The third-order valence-electron chi connectivity index (χ3n) is 3.19. The summed E-state index contributed by atoms with van der Waals surface area (Å²) in [7, 11) is -2.94. The predicted molar refractivity (Wildman–Crippen MR) is 60.8 cm³/mol. The van der Waals surface area contributed by atoms with E-state index in [1.54, 1.807) is 0 Å². The van der Waals surface area contributed by atoms with Crippen molar-refractivity contribution in [2.24, 2.45) is 5.92 Å². The lowest BCUT2D eigenvalue weighted by Crippen LogP contribution is -2.47. The molecule has 16 heavy (non-hydrogen) atoms. The molecule has 3 unspecified atom stereocenters. The average molecular weight is 246 g/mol. The molecule has 5 nitrogen and oxygen atoms in total. The SMILES string of the molecule is CC1CC1NC(=O)CC1CS(=O)(=O)CCN1. The Bertz CT molecular complexity index is 380. The van der Waals surface area contributed by atoms with Gasteiger partial charge >= 0.3 is 0 Å². The lowest BCUT2D eigenvalue weighted by Gasteiger charge is -2.23. The molecule has 1 heterocycles. The molecule has 0 bridgehead atoms. The van der Waals surface area contributed by atoms with E-state index >= 15 is 0 Å². The van der Waals surface area contributed by atoms with E-state index in [0.29, 0.717) is 18.5 Å². The zero-order chi connectivity index (χ0) is 11.8. The van der Waals surface area contributed by atoms with Gasteiger partial charge in [-0.3, -0.25) is 4.79 Å². The smallest absolute Gasteiger partial charge is 0.221 e. The van der Waals surface area contributed by atoms with Gasteiger partial charge in [0.2, 0.25) is 5.91 Å². The van der Waals surface area contributed by atoms with Gasteiger partial charge in [-0.2, -0.15) is 0 Å². The van der Waals surface area contributed by atoms with Gasteiger partial charge in [0.05, 0.1) is 11.5 Å². The van der Waals surface area contributed by atoms with Gasteiger partial charge in [-0.1, -0.05) is 6.92 Å². The molecular formula is C10H18N2O3S. The molecule has 3 atom stereocenters. The van der Waals surface area contributed by atoms with Crippen molar-refractivity contribution >= 4 is 15.7 Å². The van der Waals surface area contributed by atoms with E-state index in [2.05, 4.69) is 17.6 Å². The molecule has 6 heteroatoms. The van der Waals surface area contributed by atoms with Crippen molar-refractivity contribution in [3.8, 4) is 0 Å². The van der Waals surface area contributed by atoms with E-state index in [4.69, 9.17) is 0 Å². The summed E-state index contributed by atoms with van der Waals surface area (Å²) in [5.41, 5.74) is 0. The first-order valence-corrected chi connectivity index (χ1v) is 7.51. The average Bonchev–Trinajstić information content (AvgIpc) is 2.79. The first-order valence-electron chi connectivity index (χ1n) is 5.69. The Morgan fingerprint density at radius 1 is 1.50 bits per heavy atom. The van der Waals surface area contributed by atoms with Crippen molar-refractivity contribution in [1.82, 2.24) is 10.6 Å². The molecule has 0 aromatic carbocycles. The molecule has 2 fully saturated rings. The van der Waals surface area contributed by atoms with Crippen LogP contribution < -0.4 is 10.6 Å². The number of nitrogens with one attached hydrogen (secondary N) is 2. The highest BCUT2D eigenvalue weighted by molar-refractivity contribution is 7.91. The van der Waals surface area contributed by atoms with Crippen LogP contribution >= 0.6 is 0 Å². The summed E-state index contributed by atoms with van der Waals surface area (Å²) in [5.74, 6) is 0.807. The highest BCUT2D eigenvalue weighted by atomic mass is 32.2. The number of carbonyl (C=O) groups excluding carboxylic acids is 1. The summed E-state index contributed by atoms with van der Waals surface area (Å²) < 4.78 is 22.7. The lowest BCUT2D eigenvalue weighted by molar-refractivity contribution is -0.121. The zero-order valence-corrected chi connectivity index (χ0v) is 10.2. The fraction of sp³-hybridized carbons (Fsp3) is 0.900. The molecule has 2 N–H and O–H groups in total. The van der Waals surface area contributed by atoms with Gasteiger partial charge in [-0.15, -0.1) is 0 Å². The molecule has 0 aromatic heterocycles. The Morgan fingerprint density at radius 2 is 2.19 bits per heavy atom. The van der Waals surface area contributed by atoms with Gasteiger partial charge in [0.1, 0.15) is 0 Å². The van der Waals surface area contributed by atoms with Crippen LogP contribution in [0.25, 0.3) is 0 Å². The molecule has 1 aliphatic carbocycles. The normalized spacial score (nSPS) is 36.7. The van der Waals surface area contributed by atoms with Crippen molar-refractivity contribution in [3.63, 3.8) is 0 Å². The van der Waals surface area contributed by atoms with E-state index in [9.17, 15) is 13.2 Å². The van der Waals surface area contributed by atoms with Crippen LogP contribution in [0.1, 0.15) is 19.8 Å². The standard InChI is InChI=1S/C10H18N2O3S/c1-7-4-9(7)12-10(13)5-8-6-16(14,15)3-2-11-8/h7-9,11H,2-6H2,1H3,(H,12,13). The Morgan fingerprint density at radius 3 is 2.75 bits per heavy atom. The topological polar surface area (TPSA) is 75.3 Å². The second-order valence-electron chi connectivity index (χ2n) is 4.86. The number of amides is 1. The summed E-state index contributed by atoms with van der Waals surface area (Å²) in [6.07, 6.45) is 1.31. The van der Waals surface area contributed by atoms with Crippen molar-refractivity contribution in [3.05, 3.63) is 0 Å². The van der Waals surface area contributed by atoms with Gasteiger partial charge < -0.3 is 10.6 Å². The van der Waals surface area contributed by atoms with Crippen LogP contribution in [0.3, 0.4) is 0 Å². The quantitative estimate of drug-likeness (QED) is 0.689. The second-order valence-corrected chi connectivity index (χ2v) is 7.09. The highest BCUT2D eigenvalue weighted by Crippen LogP contribution is 2.28. The van der Waals surface area contributed by atoms with Crippen molar-refractivity contribution in [2.75, 3.05) is 18.1 Å². The molecule has 0 radical (unpaired) electrons. The monoisotopic (exact) mass is 246 g/mol. The van der Waals surface area contributed by atoms with Crippen molar-refractivity contribution in [2.45, 2.75) is 31.8 Å². The fourth-order valence-electron chi connectivity index (χ4n) is 2.01. The molecule has 1 saturated carbocycles. The van der Waals surface area contributed by atoms with Crippen LogP contribution in [0.2, 0.25) is 0 Å². The minimum atomic E-state index is -2.94. The Kier molecular flexibility index (Phi) is 3.21. The Labute approximate surface area is 95.9 Å². The summed E-state index contributed by atoms with van der Waals surface area (Å²) in [5, 5.41) is 5.97. The molecule has 2 aliphatic rings. The molecule has 2 rings (SSSR count). The lowest BCUT2D eigenvalue weighted by atomic mass is 10.2. The molecule has 92 valence electrons. The van der Waals surface area contributed by atoms with E-state index in [-0.39, 0.29) is 29.9 Å². The van der Waals surface area contributed by atoms with Crippen LogP contribution in [-0.4, -0.2) is 44.5 Å².